The van der Waals surface area contributed by atoms with Crippen LogP contribution in [0.1, 0.15) is 20.3 Å². The molecule has 0 aliphatic rings. The van der Waals surface area contributed by atoms with Gasteiger partial charge < -0.3 is 9.64 Å². The highest BCUT2D eigenvalue weighted by Gasteiger charge is 2.15. The van der Waals surface area contributed by atoms with Crippen molar-refractivity contribution in [3.05, 3.63) is 0 Å². The third-order valence-corrected chi connectivity index (χ3v) is 2.38. The van der Waals surface area contributed by atoms with Crippen LogP contribution in [0.2, 0.25) is 0 Å². The molecule has 5 heteroatoms. The fourth-order valence-corrected chi connectivity index (χ4v) is 1.27. The Morgan fingerprint density at radius 2 is 1.81 bits per heavy atom. The molecular weight excluding hydrogens is 208 g/mol. The van der Waals surface area contributed by atoms with Crippen LogP contribution in [-0.4, -0.2) is 62.0 Å². The van der Waals surface area contributed by atoms with Gasteiger partial charge in [0.05, 0.1) is 20.2 Å². The summed E-state index contributed by atoms with van der Waals surface area (Å²) in [5.41, 5.74) is 0. The van der Waals surface area contributed by atoms with E-state index in [2.05, 4.69) is 4.74 Å². The molecule has 0 atom stereocenters. The second-order valence-electron chi connectivity index (χ2n) is 3.69. The summed E-state index contributed by atoms with van der Waals surface area (Å²) in [7, 11) is 3.11. The Kier molecular flexibility index (Phi) is 7.54. The SMILES string of the molecule is CCCN(CC(=O)OC)CC(=O)N(C)CC. The van der Waals surface area contributed by atoms with E-state index in [0.29, 0.717) is 6.54 Å². The van der Waals surface area contributed by atoms with Crippen molar-refractivity contribution in [2.75, 3.05) is 40.3 Å². The molecule has 0 spiro atoms. The van der Waals surface area contributed by atoms with Crippen LogP contribution >= 0.6 is 0 Å². The second-order valence-corrected chi connectivity index (χ2v) is 3.69. The normalized spacial score (nSPS) is 10.3. The van der Waals surface area contributed by atoms with Gasteiger partial charge in [-0.25, -0.2) is 0 Å². The predicted octanol–water partition coefficient (Wildman–Crippen LogP) is 0.350. The van der Waals surface area contributed by atoms with E-state index in [0.717, 1.165) is 13.0 Å². The third kappa shape index (κ3) is 5.70. The van der Waals surface area contributed by atoms with Crippen molar-refractivity contribution in [2.45, 2.75) is 20.3 Å². The molecule has 0 heterocycles. The largest absolute Gasteiger partial charge is 0.468 e. The first-order chi connectivity index (χ1) is 7.54. The Labute approximate surface area is 97.3 Å². The van der Waals surface area contributed by atoms with E-state index >= 15 is 0 Å². The van der Waals surface area contributed by atoms with Gasteiger partial charge in [-0.05, 0) is 19.9 Å². The lowest BCUT2D eigenvalue weighted by molar-refractivity contribution is -0.142. The van der Waals surface area contributed by atoms with E-state index in [9.17, 15) is 9.59 Å². The number of amides is 1. The zero-order chi connectivity index (χ0) is 12.6. The van der Waals surface area contributed by atoms with Crippen molar-refractivity contribution in [2.24, 2.45) is 0 Å². The third-order valence-electron chi connectivity index (χ3n) is 2.38. The molecule has 0 bridgehead atoms. The van der Waals surface area contributed by atoms with Gasteiger partial charge in [0.15, 0.2) is 0 Å². The lowest BCUT2D eigenvalue weighted by Crippen LogP contribution is -2.41. The van der Waals surface area contributed by atoms with Crippen molar-refractivity contribution in [3.63, 3.8) is 0 Å². The minimum absolute atomic E-state index is 0.0276. The fourth-order valence-electron chi connectivity index (χ4n) is 1.27. The molecule has 94 valence electrons. The molecular formula is C11H22N2O3. The van der Waals surface area contributed by atoms with Crippen molar-refractivity contribution in [1.29, 1.82) is 0 Å². The first-order valence-corrected chi connectivity index (χ1v) is 5.58. The Bertz CT molecular complexity index is 231. The van der Waals surface area contributed by atoms with E-state index in [4.69, 9.17) is 0 Å². The molecule has 0 saturated heterocycles. The van der Waals surface area contributed by atoms with Gasteiger partial charge in [0.1, 0.15) is 0 Å². The number of methoxy groups -OCH3 is 1. The number of carbonyl (C=O) groups excluding carboxylic acids is 2. The van der Waals surface area contributed by atoms with Gasteiger partial charge in [-0.2, -0.15) is 0 Å². The van der Waals surface area contributed by atoms with Gasteiger partial charge in [0, 0.05) is 13.6 Å². The summed E-state index contributed by atoms with van der Waals surface area (Å²) in [6.07, 6.45) is 0.903. The van der Waals surface area contributed by atoms with Crippen LogP contribution in [-0.2, 0) is 14.3 Å². The van der Waals surface area contributed by atoms with Gasteiger partial charge in [0.2, 0.25) is 5.91 Å². The van der Waals surface area contributed by atoms with Crippen LogP contribution in [0, 0.1) is 0 Å². The average Bonchev–Trinajstić information content (AvgIpc) is 2.27. The maximum atomic E-state index is 11.7. The molecule has 0 N–H and O–H groups in total. The van der Waals surface area contributed by atoms with E-state index in [-0.39, 0.29) is 25.0 Å². The molecule has 0 aliphatic carbocycles. The van der Waals surface area contributed by atoms with Crippen LogP contribution < -0.4 is 0 Å². The molecule has 0 aromatic heterocycles. The number of carbonyl (C=O) groups is 2. The lowest BCUT2D eigenvalue weighted by atomic mass is 10.3. The van der Waals surface area contributed by atoms with Crippen LogP contribution in [0.3, 0.4) is 0 Å². The van der Waals surface area contributed by atoms with E-state index in [1.54, 1.807) is 16.8 Å². The monoisotopic (exact) mass is 230 g/mol. The van der Waals surface area contributed by atoms with Gasteiger partial charge in [-0.1, -0.05) is 6.92 Å². The summed E-state index contributed by atoms with van der Waals surface area (Å²) in [4.78, 5) is 26.2. The molecule has 0 aliphatic heterocycles. The minimum atomic E-state index is -0.305. The zero-order valence-corrected chi connectivity index (χ0v) is 10.7. The molecule has 0 aromatic carbocycles. The molecule has 0 saturated carbocycles. The fraction of sp³-hybridized carbons (Fsp3) is 0.818. The van der Waals surface area contributed by atoms with Gasteiger partial charge in [-0.3, -0.25) is 14.5 Å². The Morgan fingerprint density at radius 1 is 1.19 bits per heavy atom. The number of ether oxygens (including phenoxy) is 1. The molecule has 5 nitrogen and oxygen atoms in total. The van der Waals surface area contributed by atoms with Crippen LogP contribution in [0.15, 0.2) is 0 Å². The number of hydrogen-bond donors (Lipinski definition) is 0. The minimum Gasteiger partial charge on any atom is -0.468 e. The second kappa shape index (κ2) is 8.10. The first kappa shape index (κ1) is 14.9. The van der Waals surface area contributed by atoms with Crippen LogP contribution in [0.4, 0.5) is 0 Å². The Hall–Kier alpha value is -1.10. The molecule has 0 fully saturated rings. The maximum absolute atomic E-state index is 11.7. The summed E-state index contributed by atoms with van der Waals surface area (Å²) in [6, 6.07) is 0. The first-order valence-electron chi connectivity index (χ1n) is 5.58. The molecule has 0 radical (unpaired) electrons. The number of hydrogen-bond acceptors (Lipinski definition) is 4. The summed E-state index contributed by atoms with van der Waals surface area (Å²) < 4.78 is 4.59. The van der Waals surface area contributed by atoms with Crippen molar-refractivity contribution >= 4 is 11.9 Å². The Morgan fingerprint density at radius 3 is 2.25 bits per heavy atom. The van der Waals surface area contributed by atoms with E-state index < -0.39 is 0 Å². The predicted molar refractivity (Wildman–Crippen MR) is 62.1 cm³/mol. The highest BCUT2D eigenvalue weighted by atomic mass is 16.5. The van der Waals surface area contributed by atoms with Gasteiger partial charge in [-0.15, -0.1) is 0 Å². The van der Waals surface area contributed by atoms with Gasteiger partial charge >= 0.3 is 5.97 Å². The maximum Gasteiger partial charge on any atom is 0.319 e. The summed E-state index contributed by atoms with van der Waals surface area (Å²) in [5, 5.41) is 0. The van der Waals surface area contributed by atoms with Crippen molar-refractivity contribution in [3.8, 4) is 0 Å². The number of nitrogens with zero attached hydrogens (tertiary/aromatic N) is 2. The molecule has 0 unspecified atom stereocenters. The van der Waals surface area contributed by atoms with E-state index in [1.807, 2.05) is 13.8 Å². The van der Waals surface area contributed by atoms with Gasteiger partial charge in [0.25, 0.3) is 0 Å². The van der Waals surface area contributed by atoms with Crippen LogP contribution in [0.25, 0.3) is 0 Å². The topological polar surface area (TPSA) is 49.9 Å². The highest BCUT2D eigenvalue weighted by molar-refractivity contribution is 5.79. The average molecular weight is 230 g/mol. The van der Waals surface area contributed by atoms with Crippen LogP contribution in [0.5, 0.6) is 0 Å². The summed E-state index contributed by atoms with van der Waals surface area (Å²) >= 11 is 0. The lowest BCUT2D eigenvalue weighted by Gasteiger charge is -2.22. The summed E-state index contributed by atoms with van der Waals surface area (Å²) in [5.74, 6) is -0.278. The summed E-state index contributed by atoms with van der Waals surface area (Å²) in [6.45, 7) is 5.77. The molecule has 1 amide bonds. The number of esters is 1. The quantitative estimate of drug-likeness (QED) is 0.592. The zero-order valence-electron chi connectivity index (χ0n) is 10.7. The van der Waals surface area contributed by atoms with Crippen molar-refractivity contribution in [1.82, 2.24) is 9.80 Å². The van der Waals surface area contributed by atoms with E-state index in [1.165, 1.54) is 7.11 Å². The number of rotatable bonds is 7. The highest BCUT2D eigenvalue weighted by Crippen LogP contribution is 1.95. The smallest absolute Gasteiger partial charge is 0.319 e. The van der Waals surface area contributed by atoms with Crippen molar-refractivity contribution < 1.29 is 14.3 Å². The molecule has 0 aromatic rings. The molecule has 0 rings (SSSR count). The Balaban J connectivity index is 4.21. The number of likely N-dealkylation sites (N-methyl/N-ethyl adjacent to an activating group) is 1. The molecule has 16 heavy (non-hydrogen) atoms. The standard InChI is InChI=1S/C11H22N2O3/c1-5-7-13(9-11(15)16-4)8-10(14)12(3)6-2/h5-9H2,1-4H3.